The Morgan fingerprint density at radius 3 is 2.67 bits per heavy atom. The third kappa shape index (κ3) is 5.16. The van der Waals surface area contributed by atoms with E-state index in [0.29, 0.717) is 24.1 Å². The van der Waals surface area contributed by atoms with Gasteiger partial charge in [-0.05, 0) is 67.4 Å². The first kappa shape index (κ1) is 24.5. The van der Waals surface area contributed by atoms with Crippen molar-refractivity contribution in [3.63, 3.8) is 0 Å². The molecule has 188 valence electrons. The van der Waals surface area contributed by atoms with Crippen LogP contribution in [0.5, 0.6) is 0 Å². The third-order valence-corrected chi connectivity index (χ3v) is 7.89. The fourth-order valence-corrected chi connectivity index (χ4v) is 6.03. The van der Waals surface area contributed by atoms with Crippen molar-refractivity contribution in [3.8, 4) is 0 Å². The molecule has 2 aromatic heterocycles. The predicted octanol–water partition coefficient (Wildman–Crippen LogP) is 5.95. The fraction of sp³-hybridized carbons (Fsp3) is 0.414. The van der Waals surface area contributed by atoms with E-state index in [4.69, 9.17) is 12.2 Å². The second-order valence-corrected chi connectivity index (χ2v) is 10.1. The van der Waals surface area contributed by atoms with Gasteiger partial charge < -0.3 is 20.1 Å². The Kier molecular flexibility index (Phi) is 7.66. The van der Waals surface area contributed by atoms with Gasteiger partial charge in [-0.2, -0.15) is 0 Å². The highest BCUT2D eigenvalue weighted by Crippen LogP contribution is 2.41. The standard InChI is InChI=1S/C29H35N5OS/c1-2-21-11-6-7-14-23(21)31-26(35)17-20-34-28(27(32-29(34)36)24-15-8-9-18-30-24)25-16-10-19-33(25)22-12-4-3-5-13-22/h6-11,14-16,18-19,22,27-28H,2-5,12-13,17,20H2,1H3,(H,31,35)(H,32,36)/t27-,28+/m1/s1. The number of nitrogens with one attached hydrogen (secondary N) is 2. The summed E-state index contributed by atoms with van der Waals surface area (Å²) in [5.74, 6) is 0.00130. The van der Waals surface area contributed by atoms with E-state index in [0.717, 1.165) is 23.4 Å². The van der Waals surface area contributed by atoms with Crippen LogP contribution in [0.25, 0.3) is 0 Å². The molecule has 1 aliphatic carbocycles. The first-order chi connectivity index (χ1) is 17.7. The van der Waals surface area contributed by atoms with Gasteiger partial charge in [0.15, 0.2) is 5.11 Å². The van der Waals surface area contributed by atoms with E-state index in [1.165, 1.54) is 37.8 Å². The van der Waals surface area contributed by atoms with Crippen molar-refractivity contribution in [2.24, 2.45) is 0 Å². The highest BCUT2D eigenvalue weighted by molar-refractivity contribution is 7.80. The number of carbonyl (C=O) groups excluding carboxylic acids is 1. The molecule has 7 heteroatoms. The van der Waals surface area contributed by atoms with Crippen LogP contribution in [0.15, 0.2) is 67.0 Å². The Balaban J connectivity index is 1.39. The number of thiocarbonyl (C=S) groups is 1. The van der Waals surface area contributed by atoms with E-state index in [1.54, 1.807) is 0 Å². The minimum atomic E-state index is -0.0696. The molecule has 0 radical (unpaired) electrons. The summed E-state index contributed by atoms with van der Waals surface area (Å²) >= 11 is 5.84. The lowest BCUT2D eigenvalue weighted by atomic mass is 9.94. The molecule has 1 saturated heterocycles. The van der Waals surface area contributed by atoms with Gasteiger partial charge in [0.05, 0.1) is 17.8 Å². The molecule has 2 aliphatic rings. The zero-order valence-corrected chi connectivity index (χ0v) is 21.7. The number of anilines is 1. The van der Waals surface area contributed by atoms with Crippen LogP contribution in [0.3, 0.4) is 0 Å². The Labute approximate surface area is 219 Å². The molecule has 2 fully saturated rings. The average Bonchev–Trinajstić information content (AvgIpc) is 3.53. The van der Waals surface area contributed by atoms with Gasteiger partial charge in [0, 0.05) is 42.8 Å². The minimum Gasteiger partial charge on any atom is -0.352 e. The van der Waals surface area contributed by atoms with Crippen molar-refractivity contribution >= 4 is 28.9 Å². The molecule has 0 bridgehead atoms. The zero-order valence-electron chi connectivity index (χ0n) is 20.9. The number of hydrogen-bond acceptors (Lipinski definition) is 3. The average molecular weight is 502 g/mol. The van der Waals surface area contributed by atoms with Crippen molar-refractivity contribution in [3.05, 3.63) is 83.9 Å². The number of aromatic nitrogens is 2. The van der Waals surface area contributed by atoms with E-state index >= 15 is 0 Å². The summed E-state index contributed by atoms with van der Waals surface area (Å²) < 4.78 is 2.46. The summed E-state index contributed by atoms with van der Waals surface area (Å²) in [6.07, 6.45) is 11.6. The fourth-order valence-electron chi connectivity index (χ4n) is 5.70. The Morgan fingerprint density at radius 1 is 1.08 bits per heavy atom. The van der Waals surface area contributed by atoms with E-state index < -0.39 is 0 Å². The summed E-state index contributed by atoms with van der Waals surface area (Å²) in [5, 5.41) is 7.31. The molecule has 1 aliphatic heterocycles. The van der Waals surface area contributed by atoms with Gasteiger partial charge in [0.25, 0.3) is 0 Å². The van der Waals surface area contributed by atoms with Crippen molar-refractivity contribution in [1.82, 2.24) is 19.8 Å². The molecular weight excluding hydrogens is 466 g/mol. The number of pyridine rings is 1. The predicted molar refractivity (Wildman–Crippen MR) is 148 cm³/mol. The highest BCUT2D eigenvalue weighted by Gasteiger charge is 2.41. The van der Waals surface area contributed by atoms with Crippen molar-refractivity contribution in [2.45, 2.75) is 70.0 Å². The molecule has 0 unspecified atom stereocenters. The smallest absolute Gasteiger partial charge is 0.226 e. The van der Waals surface area contributed by atoms with Crippen LogP contribution in [0.4, 0.5) is 5.69 Å². The lowest BCUT2D eigenvalue weighted by Gasteiger charge is -2.32. The largest absolute Gasteiger partial charge is 0.352 e. The number of rotatable bonds is 8. The van der Waals surface area contributed by atoms with Gasteiger partial charge in [-0.15, -0.1) is 0 Å². The molecule has 1 aromatic carbocycles. The normalized spacial score (nSPS) is 20.4. The SMILES string of the molecule is CCc1ccccc1NC(=O)CCN1C(=S)N[C@H](c2ccccn2)[C@@H]1c1cccn1C1CCCCC1. The molecule has 6 nitrogen and oxygen atoms in total. The molecule has 36 heavy (non-hydrogen) atoms. The number of amides is 1. The molecule has 3 aromatic rings. The van der Waals surface area contributed by atoms with Gasteiger partial charge in [-0.1, -0.05) is 50.5 Å². The minimum absolute atomic E-state index is 0.00130. The second kappa shape index (κ2) is 11.2. The summed E-state index contributed by atoms with van der Waals surface area (Å²) in [6, 6.07) is 18.8. The maximum atomic E-state index is 13.0. The van der Waals surface area contributed by atoms with Crippen LogP contribution < -0.4 is 10.6 Å². The second-order valence-electron chi connectivity index (χ2n) is 9.76. The van der Waals surface area contributed by atoms with Crippen LogP contribution >= 0.6 is 12.2 Å². The van der Waals surface area contributed by atoms with Gasteiger partial charge in [-0.3, -0.25) is 9.78 Å². The highest BCUT2D eigenvalue weighted by atomic mass is 32.1. The number of hydrogen-bond donors (Lipinski definition) is 2. The lowest BCUT2D eigenvalue weighted by molar-refractivity contribution is -0.116. The van der Waals surface area contributed by atoms with Crippen molar-refractivity contribution in [2.75, 3.05) is 11.9 Å². The van der Waals surface area contributed by atoms with Crippen LogP contribution in [0, 0.1) is 0 Å². The number of benzene rings is 1. The maximum Gasteiger partial charge on any atom is 0.226 e. The molecule has 2 atom stereocenters. The summed E-state index contributed by atoms with van der Waals surface area (Å²) in [4.78, 5) is 19.8. The van der Waals surface area contributed by atoms with Crippen LogP contribution in [-0.2, 0) is 11.2 Å². The summed E-state index contributed by atoms with van der Waals surface area (Å²) in [5.41, 5.74) is 4.23. The first-order valence-corrected chi connectivity index (χ1v) is 13.6. The topological polar surface area (TPSA) is 62.2 Å². The van der Waals surface area contributed by atoms with Crippen LogP contribution in [0.1, 0.15) is 80.5 Å². The van der Waals surface area contributed by atoms with Crippen LogP contribution in [0.2, 0.25) is 0 Å². The van der Waals surface area contributed by atoms with Crippen molar-refractivity contribution in [1.29, 1.82) is 0 Å². The molecule has 2 N–H and O–H groups in total. The monoisotopic (exact) mass is 501 g/mol. The Morgan fingerprint density at radius 2 is 1.89 bits per heavy atom. The molecule has 0 spiro atoms. The first-order valence-electron chi connectivity index (χ1n) is 13.2. The van der Waals surface area contributed by atoms with Gasteiger partial charge in [0.1, 0.15) is 0 Å². The molecule has 5 rings (SSSR count). The lowest BCUT2D eigenvalue weighted by Crippen LogP contribution is -2.34. The molecule has 3 heterocycles. The van der Waals surface area contributed by atoms with E-state index in [9.17, 15) is 4.79 Å². The quantitative estimate of drug-likeness (QED) is 0.373. The number of para-hydroxylation sites is 1. The Bertz CT molecular complexity index is 1190. The summed E-state index contributed by atoms with van der Waals surface area (Å²) in [7, 11) is 0. The summed E-state index contributed by atoms with van der Waals surface area (Å²) in [6.45, 7) is 2.64. The molecule has 1 amide bonds. The van der Waals surface area contributed by atoms with Gasteiger partial charge in [0.2, 0.25) is 5.91 Å². The molecule has 1 saturated carbocycles. The van der Waals surface area contributed by atoms with Gasteiger partial charge >= 0.3 is 0 Å². The number of aryl methyl sites for hydroxylation is 1. The Hall–Kier alpha value is -3.19. The van der Waals surface area contributed by atoms with Gasteiger partial charge in [-0.25, -0.2) is 0 Å². The van der Waals surface area contributed by atoms with Crippen molar-refractivity contribution < 1.29 is 4.79 Å². The maximum absolute atomic E-state index is 13.0. The van der Waals surface area contributed by atoms with E-state index in [-0.39, 0.29) is 18.0 Å². The van der Waals surface area contributed by atoms with Crippen LogP contribution in [-0.4, -0.2) is 32.0 Å². The third-order valence-electron chi connectivity index (χ3n) is 7.53. The molecular formula is C29H35N5OS. The number of carbonyl (C=O) groups is 1. The zero-order chi connectivity index (χ0) is 24.9. The van der Waals surface area contributed by atoms with E-state index in [2.05, 4.69) is 62.5 Å². The van der Waals surface area contributed by atoms with E-state index in [1.807, 2.05) is 36.5 Å². The number of nitrogens with zero attached hydrogens (tertiary/aromatic N) is 3.